The van der Waals surface area contributed by atoms with Crippen LogP contribution in [0.2, 0.25) is 0 Å². The highest BCUT2D eigenvalue weighted by atomic mass is 32.1. The minimum Gasteiger partial charge on any atom is -0.339 e. The van der Waals surface area contributed by atoms with E-state index in [0.717, 1.165) is 9.75 Å². The first-order valence-corrected chi connectivity index (χ1v) is 7.32. The zero-order valence-corrected chi connectivity index (χ0v) is 12.7. The molecule has 3 aromatic rings. The minimum absolute atomic E-state index is 0.295. The molecule has 7 heteroatoms. The summed E-state index contributed by atoms with van der Waals surface area (Å²) in [4.78, 5) is 18.0. The summed E-state index contributed by atoms with van der Waals surface area (Å²) in [5, 5.41) is 6.66. The first-order valence-electron chi connectivity index (χ1n) is 6.51. The number of thiophene rings is 1. The van der Waals surface area contributed by atoms with E-state index in [4.69, 9.17) is 4.52 Å². The number of rotatable bonds is 3. The predicted molar refractivity (Wildman–Crippen MR) is 81.4 cm³/mol. The molecule has 0 atom stereocenters. The maximum atomic E-state index is 12.9. The molecule has 0 bridgehead atoms. The van der Waals surface area contributed by atoms with E-state index in [1.165, 1.54) is 35.6 Å². The second kappa shape index (κ2) is 5.69. The van der Waals surface area contributed by atoms with Crippen molar-refractivity contribution in [2.75, 3.05) is 5.32 Å². The number of hydrogen-bond acceptors (Lipinski definition) is 5. The van der Waals surface area contributed by atoms with Gasteiger partial charge < -0.3 is 9.84 Å². The Morgan fingerprint density at radius 2 is 2.00 bits per heavy atom. The third-order valence-corrected chi connectivity index (χ3v) is 4.07. The molecule has 22 heavy (non-hydrogen) atoms. The molecule has 2 heterocycles. The van der Waals surface area contributed by atoms with Crippen molar-refractivity contribution < 1.29 is 13.7 Å². The fraction of sp³-hybridized carbons (Fsp3) is 0.133. The molecule has 1 N–H and O–H groups in total. The van der Waals surface area contributed by atoms with Gasteiger partial charge in [-0.25, -0.2) is 4.39 Å². The van der Waals surface area contributed by atoms with E-state index in [2.05, 4.69) is 15.5 Å². The van der Waals surface area contributed by atoms with E-state index >= 15 is 0 Å². The zero-order valence-electron chi connectivity index (χ0n) is 11.9. The van der Waals surface area contributed by atoms with E-state index in [-0.39, 0.29) is 11.7 Å². The average molecular weight is 317 g/mol. The minimum atomic E-state index is -0.377. The van der Waals surface area contributed by atoms with Crippen LogP contribution in [0.25, 0.3) is 10.7 Å². The highest BCUT2D eigenvalue weighted by Gasteiger charge is 2.14. The van der Waals surface area contributed by atoms with Crippen LogP contribution in [0.1, 0.15) is 21.1 Å². The number of amides is 1. The molecule has 0 saturated carbocycles. The monoisotopic (exact) mass is 317 g/mol. The molecular formula is C15H12FN3O2S. The molecule has 0 aliphatic heterocycles. The normalized spacial score (nSPS) is 10.7. The second-order valence-corrected chi connectivity index (χ2v) is 5.93. The first-order chi connectivity index (χ1) is 10.5. The molecule has 5 nitrogen and oxygen atoms in total. The summed E-state index contributed by atoms with van der Waals surface area (Å²) in [5.74, 6) is 0.306. The summed E-state index contributed by atoms with van der Waals surface area (Å²) < 4.78 is 17.8. The Labute approximate surface area is 129 Å². The number of nitrogens with zero attached hydrogens (tertiary/aromatic N) is 2. The maximum Gasteiger partial charge on any atom is 0.255 e. The molecule has 0 spiro atoms. The molecule has 0 saturated heterocycles. The first kappa shape index (κ1) is 14.4. The van der Waals surface area contributed by atoms with Crippen LogP contribution in [-0.2, 0) is 0 Å². The van der Waals surface area contributed by atoms with Gasteiger partial charge in [-0.1, -0.05) is 5.16 Å². The largest absolute Gasteiger partial charge is 0.339 e. The molecule has 0 aliphatic carbocycles. The standard InChI is InChI=1S/C15H12FN3O2S/c1-8-12(7-13(22-8)14-17-9(2)21-19-14)18-15(20)10-3-5-11(16)6-4-10/h3-7H,1-2H3,(H,18,20). The van der Waals surface area contributed by atoms with Crippen LogP contribution in [0.3, 0.4) is 0 Å². The Balaban J connectivity index is 1.82. The number of aromatic nitrogens is 2. The molecule has 0 unspecified atom stereocenters. The van der Waals surface area contributed by atoms with E-state index in [9.17, 15) is 9.18 Å². The molecule has 0 radical (unpaired) electrons. The van der Waals surface area contributed by atoms with E-state index < -0.39 is 0 Å². The fourth-order valence-electron chi connectivity index (χ4n) is 1.91. The molecule has 112 valence electrons. The lowest BCUT2D eigenvalue weighted by atomic mass is 10.2. The van der Waals surface area contributed by atoms with Crippen molar-refractivity contribution in [1.29, 1.82) is 0 Å². The zero-order chi connectivity index (χ0) is 15.7. The topological polar surface area (TPSA) is 68.0 Å². The van der Waals surface area contributed by atoms with Gasteiger partial charge in [-0.05, 0) is 37.3 Å². The lowest BCUT2D eigenvalue weighted by Crippen LogP contribution is -2.11. The summed E-state index contributed by atoms with van der Waals surface area (Å²) in [7, 11) is 0. The average Bonchev–Trinajstić information content (AvgIpc) is 3.06. The van der Waals surface area contributed by atoms with Crippen molar-refractivity contribution in [3.8, 4) is 10.7 Å². The van der Waals surface area contributed by atoms with E-state index in [0.29, 0.717) is 23.0 Å². The van der Waals surface area contributed by atoms with Crippen LogP contribution in [0, 0.1) is 19.7 Å². The van der Waals surface area contributed by atoms with Gasteiger partial charge in [0.05, 0.1) is 10.6 Å². The van der Waals surface area contributed by atoms with Crippen LogP contribution in [0.15, 0.2) is 34.9 Å². The summed E-state index contributed by atoms with van der Waals surface area (Å²) in [5.41, 5.74) is 1.07. The molecule has 1 amide bonds. The molecule has 2 aromatic heterocycles. The van der Waals surface area contributed by atoms with E-state index in [1.54, 1.807) is 13.0 Å². The van der Waals surface area contributed by atoms with Crippen molar-refractivity contribution in [3.05, 3.63) is 52.5 Å². The molecular weight excluding hydrogens is 305 g/mol. The maximum absolute atomic E-state index is 12.9. The van der Waals surface area contributed by atoms with Crippen LogP contribution < -0.4 is 5.32 Å². The Morgan fingerprint density at radius 3 is 2.64 bits per heavy atom. The van der Waals surface area contributed by atoms with E-state index in [1.807, 2.05) is 6.92 Å². The highest BCUT2D eigenvalue weighted by molar-refractivity contribution is 7.16. The Bertz CT molecular complexity index is 824. The summed E-state index contributed by atoms with van der Waals surface area (Å²) >= 11 is 1.46. The van der Waals surface area contributed by atoms with Crippen molar-refractivity contribution >= 4 is 22.9 Å². The van der Waals surface area contributed by atoms with Gasteiger partial charge in [0.25, 0.3) is 5.91 Å². The fourth-order valence-corrected chi connectivity index (χ4v) is 2.81. The van der Waals surface area contributed by atoms with Crippen LogP contribution >= 0.6 is 11.3 Å². The van der Waals surface area contributed by atoms with Gasteiger partial charge in [0.2, 0.25) is 11.7 Å². The van der Waals surface area contributed by atoms with Gasteiger partial charge in [-0.2, -0.15) is 4.98 Å². The number of benzene rings is 1. The van der Waals surface area contributed by atoms with Crippen LogP contribution in [-0.4, -0.2) is 16.0 Å². The summed E-state index contributed by atoms with van der Waals surface area (Å²) in [6.07, 6.45) is 0. The lowest BCUT2D eigenvalue weighted by molar-refractivity contribution is 0.102. The number of hydrogen-bond donors (Lipinski definition) is 1. The smallest absolute Gasteiger partial charge is 0.255 e. The molecule has 3 rings (SSSR count). The van der Waals surface area contributed by atoms with Crippen molar-refractivity contribution in [2.45, 2.75) is 13.8 Å². The van der Waals surface area contributed by atoms with Gasteiger partial charge in [-0.15, -0.1) is 11.3 Å². The van der Waals surface area contributed by atoms with Gasteiger partial charge >= 0.3 is 0 Å². The lowest BCUT2D eigenvalue weighted by Gasteiger charge is -2.04. The van der Waals surface area contributed by atoms with Crippen LogP contribution in [0.5, 0.6) is 0 Å². The molecule has 1 aromatic carbocycles. The number of carbonyl (C=O) groups excluding carboxylic acids is 1. The molecule has 0 fully saturated rings. The summed E-state index contributed by atoms with van der Waals surface area (Å²) in [6.45, 7) is 3.61. The predicted octanol–water partition coefficient (Wildman–Crippen LogP) is 3.81. The number of anilines is 1. The van der Waals surface area contributed by atoms with Crippen molar-refractivity contribution in [2.24, 2.45) is 0 Å². The van der Waals surface area contributed by atoms with Crippen molar-refractivity contribution in [3.63, 3.8) is 0 Å². The van der Waals surface area contributed by atoms with Crippen LogP contribution in [0.4, 0.5) is 10.1 Å². The second-order valence-electron chi connectivity index (χ2n) is 4.68. The quantitative estimate of drug-likeness (QED) is 0.797. The highest BCUT2D eigenvalue weighted by Crippen LogP contribution is 2.32. The van der Waals surface area contributed by atoms with Gasteiger partial charge in [0, 0.05) is 17.4 Å². The summed E-state index contributed by atoms with van der Waals surface area (Å²) in [6, 6.07) is 7.18. The number of aryl methyl sites for hydroxylation is 2. The van der Waals surface area contributed by atoms with Gasteiger partial charge in [-0.3, -0.25) is 4.79 Å². The third-order valence-electron chi connectivity index (χ3n) is 3.02. The number of halogens is 1. The Kier molecular flexibility index (Phi) is 3.72. The Morgan fingerprint density at radius 1 is 1.27 bits per heavy atom. The van der Waals surface area contributed by atoms with Gasteiger partial charge in [0.15, 0.2) is 0 Å². The molecule has 0 aliphatic rings. The SMILES string of the molecule is Cc1nc(-c2cc(NC(=O)c3ccc(F)cc3)c(C)s2)no1. The number of nitrogens with one attached hydrogen (secondary N) is 1. The third kappa shape index (κ3) is 2.89. The van der Waals surface area contributed by atoms with Crippen molar-refractivity contribution in [1.82, 2.24) is 10.1 Å². The number of carbonyl (C=O) groups is 1. The Hall–Kier alpha value is -2.54. The van der Waals surface area contributed by atoms with Gasteiger partial charge in [0.1, 0.15) is 5.82 Å².